The summed E-state index contributed by atoms with van der Waals surface area (Å²) in [6.45, 7) is 18.6. The van der Waals surface area contributed by atoms with E-state index in [-0.39, 0.29) is 5.78 Å². The predicted molar refractivity (Wildman–Crippen MR) is 116 cm³/mol. The number of carbonyl (C=O) groups excluding carboxylic acids is 1. The van der Waals surface area contributed by atoms with Gasteiger partial charge in [-0.25, -0.2) is 4.58 Å². The molecule has 0 bridgehead atoms. The van der Waals surface area contributed by atoms with Crippen LogP contribution in [-0.4, -0.2) is 54.7 Å². The molecule has 0 saturated carbocycles. The molecule has 1 aliphatic rings. The lowest BCUT2D eigenvalue weighted by atomic mass is 10.00. The van der Waals surface area contributed by atoms with E-state index in [0.29, 0.717) is 12.6 Å². The number of hydrogen-bond donors (Lipinski definition) is 1. The molecule has 0 fully saturated rings. The third-order valence-electron chi connectivity index (χ3n) is 5.21. The van der Waals surface area contributed by atoms with Crippen molar-refractivity contribution in [1.82, 2.24) is 10.2 Å². The maximum absolute atomic E-state index is 12.6. The van der Waals surface area contributed by atoms with Crippen LogP contribution in [0.15, 0.2) is 47.3 Å². The fraction of sp³-hybridized carbons (Fsp3) is 0.565. The van der Waals surface area contributed by atoms with Crippen LogP contribution < -0.4 is 5.32 Å². The van der Waals surface area contributed by atoms with E-state index in [1.54, 1.807) is 0 Å². The van der Waals surface area contributed by atoms with Crippen molar-refractivity contribution >= 4 is 12.5 Å². The third-order valence-corrected chi connectivity index (χ3v) is 5.21. The van der Waals surface area contributed by atoms with Gasteiger partial charge in [0.05, 0.1) is 6.54 Å². The van der Waals surface area contributed by atoms with Crippen molar-refractivity contribution in [2.75, 3.05) is 26.7 Å². The van der Waals surface area contributed by atoms with Gasteiger partial charge in [-0.2, -0.15) is 0 Å². The second-order valence-electron chi connectivity index (χ2n) is 7.28. The van der Waals surface area contributed by atoms with Crippen LogP contribution in [0.3, 0.4) is 0 Å². The van der Waals surface area contributed by atoms with Gasteiger partial charge in [-0.3, -0.25) is 4.79 Å². The van der Waals surface area contributed by atoms with E-state index < -0.39 is 0 Å². The zero-order chi connectivity index (χ0) is 20.4. The molecule has 0 saturated heterocycles. The van der Waals surface area contributed by atoms with E-state index in [1.807, 2.05) is 17.6 Å². The van der Waals surface area contributed by atoms with Crippen LogP contribution in [0.4, 0.5) is 0 Å². The van der Waals surface area contributed by atoms with Crippen molar-refractivity contribution in [3.8, 4) is 0 Å². The molecule has 1 unspecified atom stereocenters. The number of Topliss-reactive ketones (excluding diaryl/α,β-unsaturated/α-hetero) is 1. The first-order valence-corrected chi connectivity index (χ1v) is 10.1. The molecule has 0 aromatic heterocycles. The summed E-state index contributed by atoms with van der Waals surface area (Å²) in [7, 11) is 2.11. The van der Waals surface area contributed by atoms with E-state index in [2.05, 4.69) is 63.5 Å². The predicted octanol–water partition coefficient (Wildman–Crippen LogP) is 4.06. The molecule has 0 spiro atoms. The summed E-state index contributed by atoms with van der Waals surface area (Å²) >= 11 is 0. The van der Waals surface area contributed by atoms with Gasteiger partial charge in [0.2, 0.25) is 0 Å². The molecule has 150 valence electrons. The van der Waals surface area contributed by atoms with Crippen LogP contribution in [0.5, 0.6) is 0 Å². The van der Waals surface area contributed by atoms with Gasteiger partial charge < -0.3 is 10.2 Å². The SMILES string of the molecule is C=C1C[N+](=C)CC=C1N(C)C(C)CC/C(=C\C)C(=O)CN/C(=C\CC)CC. The molecule has 0 aliphatic carbocycles. The minimum absolute atomic E-state index is 0.191. The molecule has 1 N–H and O–H groups in total. The first-order valence-electron chi connectivity index (χ1n) is 10.1. The Kier molecular flexibility index (Phi) is 9.84. The van der Waals surface area contributed by atoms with Gasteiger partial charge in [0, 0.05) is 36.1 Å². The average Bonchev–Trinajstić information content (AvgIpc) is 2.64. The minimum Gasteiger partial charge on any atom is -0.381 e. The number of likely N-dealkylation sites (N-methyl/N-ethyl adjacent to an activating group) is 1. The molecule has 4 heteroatoms. The van der Waals surface area contributed by atoms with E-state index in [1.165, 1.54) is 5.70 Å². The molecule has 0 aromatic rings. The molecular weight excluding hydrogens is 334 g/mol. The maximum Gasteiger partial charge on any atom is 0.177 e. The summed E-state index contributed by atoms with van der Waals surface area (Å²) in [6, 6.07) is 0.339. The van der Waals surface area contributed by atoms with Gasteiger partial charge in [-0.15, -0.1) is 0 Å². The smallest absolute Gasteiger partial charge is 0.177 e. The highest BCUT2D eigenvalue weighted by molar-refractivity contribution is 5.96. The molecule has 1 atom stereocenters. The zero-order valence-corrected chi connectivity index (χ0v) is 18.0. The van der Waals surface area contributed by atoms with Crippen molar-refractivity contribution in [2.45, 2.75) is 59.4 Å². The molecule has 27 heavy (non-hydrogen) atoms. The van der Waals surface area contributed by atoms with Crippen molar-refractivity contribution in [3.05, 3.63) is 47.3 Å². The lowest BCUT2D eigenvalue weighted by Crippen LogP contribution is -2.34. The highest BCUT2D eigenvalue weighted by atomic mass is 16.1. The van der Waals surface area contributed by atoms with Gasteiger partial charge >= 0.3 is 0 Å². The fourth-order valence-corrected chi connectivity index (χ4v) is 3.30. The first kappa shape index (κ1) is 22.9. The fourth-order valence-electron chi connectivity index (χ4n) is 3.30. The Labute approximate surface area is 166 Å². The Morgan fingerprint density at radius 1 is 1.44 bits per heavy atom. The monoisotopic (exact) mass is 372 g/mol. The average molecular weight is 373 g/mol. The normalized spacial score (nSPS) is 16.9. The van der Waals surface area contributed by atoms with Crippen LogP contribution in [0, 0.1) is 0 Å². The highest BCUT2D eigenvalue weighted by Crippen LogP contribution is 2.21. The van der Waals surface area contributed by atoms with Gasteiger partial charge in [0.25, 0.3) is 0 Å². The molecule has 0 amide bonds. The van der Waals surface area contributed by atoms with Crippen LogP contribution in [0.2, 0.25) is 0 Å². The van der Waals surface area contributed by atoms with Gasteiger partial charge in [-0.1, -0.05) is 32.6 Å². The summed E-state index contributed by atoms with van der Waals surface area (Å²) in [5, 5.41) is 3.29. The molecule has 1 heterocycles. The number of rotatable bonds is 11. The number of hydrogen-bond acceptors (Lipinski definition) is 3. The zero-order valence-electron chi connectivity index (χ0n) is 18.0. The third kappa shape index (κ3) is 7.20. The molecule has 1 rings (SSSR count). The van der Waals surface area contributed by atoms with Crippen molar-refractivity contribution in [2.24, 2.45) is 0 Å². The number of allylic oxidation sites excluding steroid dienone is 3. The second kappa shape index (κ2) is 11.6. The number of ketones is 1. The second-order valence-corrected chi connectivity index (χ2v) is 7.28. The van der Waals surface area contributed by atoms with Crippen LogP contribution >= 0.6 is 0 Å². The molecular formula is C23H38N3O+. The Bertz CT molecular complexity index is 640. The van der Waals surface area contributed by atoms with E-state index in [4.69, 9.17) is 0 Å². The van der Waals surface area contributed by atoms with Gasteiger partial charge in [0.15, 0.2) is 18.9 Å². The molecule has 0 radical (unpaired) electrons. The Hall–Kier alpha value is -2.10. The molecule has 0 aromatic carbocycles. The number of nitrogens with one attached hydrogen (secondary N) is 1. The largest absolute Gasteiger partial charge is 0.381 e. The van der Waals surface area contributed by atoms with Crippen LogP contribution in [0.1, 0.15) is 53.4 Å². The van der Waals surface area contributed by atoms with Gasteiger partial charge in [0.1, 0.15) is 6.72 Å². The first-order chi connectivity index (χ1) is 12.8. The Morgan fingerprint density at radius 3 is 2.70 bits per heavy atom. The Morgan fingerprint density at radius 2 is 2.15 bits per heavy atom. The quantitative estimate of drug-likeness (QED) is 0.439. The summed E-state index contributed by atoms with van der Waals surface area (Å²) in [4.78, 5) is 14.8. The minimum atomic E-state index is 0.191. The van der Waals surface area contributed by atoms with E-state index in [9.17, 15) is 4.79 Å². The molecule has 4 nitrogen and oxygen atoms in total. The van der Waals surface area contributed by atoms with Crippen LogP contribution in [-0.2, 0) is 4.79 Å². The number of carbonyl (C=O) groups is 1. The highest BCUT2D eigenvalue weighted by Gasteiger charge is 2.22. The van der Waals surface area contributed by atoms with Crippen molar-refractivity contribution in [1.29, 1.82) is 0 Å². The van der Waals surface area contributed by atoms with E-state index >= 15 is 0 Å². The number of nitrogens with zero attached hydrogens (tertiary/aromatic N) is 2. The van der Waals surface area contributed by atoms with Gasteiger partial charge in [-0.05, 0) is 45.1 Å². The summed E-state index contributed by atoms with van der Waals surface area (Å²) in [6.07, 6.45) is 9.94. The topological polar surface area (TPSA) is 35.4 Å². The van der Waals surface area contributed by atoms with Crippen molar-refractivity contribution < 1.29 is 9.37 Å². The Balaban J connectivity index is 2.58. The summed E-state index contributed by atoms with van der Waals surface area (Å²) in [5.74, 6) is 0.191. The van der Waals surface area contributed by atoms with Crippen LogP contribution in [0.25, 0.3) is 0 Å². The lowest BCUT2D eigenvalue weighted by Gasteiger charge is -2.31. The molecule has 1 aliphatic heterocycles. The van der Waals surface area contributed by atoms with Crippen molar-refractivity contribution in [3.63, 3.8) is 0 Å². The van der Waals surface area contributed by atoms with E-state index in [0.717, 1.165) is 55.6 Å². The summed E-state index contributed by atoms with van der Waals surface area (Å²) < 4.78 is 2.01. The lowest BCUT2D eigenvalue weighted by molar-refractivity contribution is -0.503. The standard InChI is InChI=1S/C23H38N3O/c1-8-11-21(10-3)24-16-23(27)20(9-2)13-12-19(5)26(7)22-14-15-25(6)17-18(22)4/h9,11,14,19,24H,4,6,8,10,12-13,15-17H2,1-3,5,7H3/q+1/b20-9+,21-11-. The maximum atomic E-state index is 12.6. The summed E-state index contributed by atoms with van der Waals surface area (Å²) in [5.41, 5.74) is 4.37.